The molecule has 0 heterocycles. The molecule has 7 heteroatoms. The monoisotopic (exact) mass is 478 g/mol. The van der Waals surface area contributed by atoms with E-state index in [1.54, 1.807) is 6.92 Å². The maximum absolute atomic E-state index is 13.1. The van der Waals surface area contributed by atoms with Crippen molar-refractivity contribution in [2.45, 2.75) is 64.5 Å². The molecular formula is C28H34N2O5. The van der Waals surface area contributed by atoms with Gasteiger partial charge in [0.15, 0.2) is 0 Å². The second-order valence-electron chi connectivity index (χ2n) is 10.2. The summed E-state index contributed by atoms with van der Waals surface area (Å²) in [7, 11) is 0. The fourth-order valence-corrected chi connectivity index (χ4v) is 5.38. The molecule has 35 heavy (non-hydrogen) atoms. The van der Waals surface area contributed by atoms with E-state index in [-0.39, 0.29) is 24.3 Å². The Hall–Kier alpha value is -3.35. The SMILES string of the molecule is CC(C)C(NC(=O)OCC1c2ccccc2-c2ccccc21)C(=O)NC1CCCCC1(C)C(=O)O. The van der Waals surface area contributed by atoms with Crippen molar-refractivity contribution in [3.05, 3.63) is 59.7 Å². The highest BCUT2D eigenvalue weighted by Gasteiger charge is 2.44. The fraction of sp³-hybridized carbons (Fsp3) is 0.464. The Kier molecular flexibility index (Phi) is 7.15. The van der Waals surface area contributed by atoms with E-state index >= 15 is 0 Å². The number of hydrogen-bond donors (Lipinski definition) is 3. The van der Waals surface area contributed by atoms with Crippen LogP contribution in [0, 0.1) is 11.3 Å². The van der Waals surface area contributed by atoms with Gasteiger partial charge in [0.05, 0.1) is 5.41 Å². The van der Waals surface area contributed by atoms with Gasteiger partial charge in [-0.2, -0.15) is 0 Å². The van der Waals surface area contributed by atoms with Crippen LogP contribution in [0.5, 0.6) is 0 Å². The number of amides is 2. The molecule has 3 unspecified atom stereocenters. The highest BCUT2D eigenvalue weighted by atomic mass is 16.5. The molecule has 2 amide bonds. The Balaban J connectivity index is 1.41. The molecular weight excluding hydrogens is 444 g/mol. The van der Waals surface area contributed by atoms with Gasteiger partial charge in [-0.1, -0.05) is 75.2 Å². The lowest BCUT2D eigenvalue weighted by Gasteiger charge is -2.39. The van der Waals surface area contributed by atoms with E-state index in [1.807, 2.05) is 38.1 Å². The Morgan fingerprint density at radius 2 is 1.63 bits per heavy atom. The predicted molar refractivity (Wildman–Crippen MR) is 133 cm³/mol. The molecule has 0 radical (unpaired) electrons. The van der Waals surface area contributed by atoms with E-state index in [9.17, 15) is 19.5 Å². The minimum Gasteiger partial charge on any atom is -0.481 e. The van der Waals surface area contributed by atoms with Crippen molar-refractivity contribution in [3.8, 4) is 11.1 Å². The summed E-state index contributed by atoms with van der Waals surface area (Å²) in [4.78, 5) is 37.8. The largest absolute Gasteiger partial charge is 0.481 e. The topological polar surface area (TPSA) is 105 Å². The van der Waals surface area contributed by atoms with E-state index in [2.05, 4.69) is 34.9 Å². The highest BCUT2D eigenvalue weighted by Crippen LogP contribution is 2.44. The van der Waals surface area contributed by atoms with Gasteiger partial charge in [0.25, 0.3) is 0 Å². The van der Waals surface area contributed by atoms with Crippen molar-refractivity contribution in [3.63, 3.8) is 0 Å². The third kappa shape index (κ3) is 4.90. The number of rotatable bonds is 7. The number of aliphatic carboxylic acids is 1. The zero-order valence-corrected chi connectivity index (χ0v) is 20.5. The lowest BCUT2D eigenvalue weighted by molar-refractivity contribution is -0.152. The lowest BCUT2D eigenvalue weighted by Crippen LogP contribution is -2.58. The van der Waals surface area contributed by atoms with Crippen LogP contribution in [0.3, 0.4) is 0 Å². The Labute approximate surface area is 206 Å². The van der Waals surface area contributed by atoms with Gasteiger partial charge in [-0.15, -0.1) is 0 Å². The summed E-state index contributed by atoms with van der Waals surface area (Å²) in [6.07, 6.45) is 2.13. The van der Waals surface area contributed by atoms with Crippen molar-refractivity contribution in [2.75, 3.05) is 6.61 Å². The maximum atomic E-state index is 13.1. The quantitative estimate of drug-likeness (QED) is 0.535. The standard InChI is InChI=1S/C28H34N2O5/c1-17(2)24(25(31)29-23-14-8-9-15-28(23,3)26(32)33)30-27(34)35-16-22-20-12-6-4-10-18(20)19-11-5-7-13-21(19)22/h4-7,10-13,17,22-24H,8-9,14-16H2,1-3H3,(H,29,31)(H,30,34)(H,32,33). The first-order valence-electron chi connectivity index (χ1n) is 12.4. The van der Waals surface area contributed by atoms with Gasteiger partial charge in [-0.05, 0) is 47.9 Å². The molecule has 0 aromatic heterocycles. The molecule has 0 bridgehead atoms. The summed E-state index contributed by atoms with van der Waals surface area (Å²) >= 11 is 0. The average Bonchev–Trinajstić information content (AvgIpc) is 3.16. The Morgan fingerprint density at radius 1 is 1.03 bits per heavy atom. The molecule has 186 valence electrons. The molecule has 2 aromatic rings. The summed E-state index contributed by atoms with van der Waals surface area (Å²) < 4.78 is 5.62. The number of carbonyl (C=O) groups is 3. The summed E-state index contributed by atoms with van der Waals surface area (Å²) in [5.74, 6) is -1.56. The van der Waals surface area contributed by atoms with Crippen LogP contribution in [0.1, 0.15) is 63.5 Å². The molecule has 3 N–H and O–H groups in total. The minimum absolute atomic E-state index is 0.0713. The molecule has 3 atom stereocenters. The van der Waals surface area contributed by atoms with Crippen molar-refractivity contribution < 1.29 is 24.2 Å². The first-order chi connectivity index (χ1) is 16.7. The van der Waals surface area contributed by atoms with E-state index in [0.29, 0.717) is 12.8 Å². The van der Waals surface area contributed by atoms with Gasteiger partial charge >= 0.3 is 12.1 Å². The number of nitrogens with one attached hydrogen (secondary N) is 2. The number of alkyl carbamates (subject to hydrolysis) is 1. The van der Waals surface area contributed by atoms with Crippen LogP contribution in [0.2, 0.25) is 0 Å². The van der Waals surface area contributed by atoms with Gasteiger partial charge in [0.1, 0.15) is 12.6 Å². The number of fused-ring (bicyclic) bond motifs is 3. The zero-order chi connectivity index (χ0) is 25.2. The summed E-state index contributed by atoms with van der Waals surface area (Å²) in [6, 6.07) is 14.9. The Bertz CT molecular complexity index is 1070. The average molecular weight is 479 g/mol. The predicted octanol–water partition coefficient (Wildman–Crippen LogP) is 4.70. The van der Waals surface area contributed by atoms with Crippen LogP contribution in [-0.4, -0.2) is 41.8 Å². The first kappa shape index (κ1) is 24.8. The maximum Gasteiger partial charge on any atom is 0.407 e. The van der Waals surface area contributed by atoms with Crippen molar-refractivity contribution in [1.29, 1.82) is 0 Å². The second kappa shape index (κ2) is 10.1. The first-order valence-corrected chi connectivity index (χ1v) is 12.4. The minimum atomic E-state index is -1.01. The summed E-state index contributed by atoms with van der Waals surface area (Å²) in [6.45, 7) is 5.52. The number of carboxylic acids is 1. The van der Waals surface area contributed by atoms with Gasteiger partial charge in [0.2, 0.25) is 5.91 Å². The molecule has 0 aliphatic heterocycles. The smallest absolute Gasteiger partial charge is 0.407 e. The normalized spacial score (nSPS) is 22.1. The number of benzene rings is 2. The molecule has 7 nitrogen and oxygen atoms in total. The number of hydrogen-bond acceptors (Lipinski definition) is 4. The van der Waals surface area contributed by atoms with E-state index < -0.39 is 29.6 Å². The van der Waals surface area contributed by atoms with E-state index in [1.165, 1.54) is 0 Å². The van der Waals surface area contributed by atoms with Crippen LogP contribution in [-0.2, 0) is 14.3 Å². The fourth-order valence-electron chi connectivity index (χ4n) is 5.38. The summed E-state index contributed by atoms with van der Waals surface area (Å²) in [5, 5.41) is 15.4. The third-order valence-corrected chi connectivity index (χ3v) is 7.58. The molecule has 2 aliphatic rings. The number of carbonyl (C=O) groups excluding carboxylic acids is 2. The molecule has 2 aromatic carbocycles. The van der Waals surface area contributed by atoms with Crippen LogP contribution in [0.4, 0.5) is 4.79 Å². The molecule has 1 fully saturated rings. The van der Waals surface area contributed by atoms with Crippen LogP contribution in [0.15, 0.2) is 48.5 Å². The van der Waals surface area contributed by atoms with Crippen LogP contribution >= 0.6 is 0 Å². The second-order valence-corrected chi connectivity index (χ2v) is 10.2. The van der Waals surface area contributed by atoms with Crippen LogP contribution < -0.4 is 10.6 Å². The number of carboxylic acid groups (broad SMARTS) is 1. The van der Waals surface area contributed by atoms with Gasteiger partial charge in [-0.25, -0.2) is 4.79 Å². The Morgan fingerprint density at radius 3 is 2.20 bits per heavy atom. The molecule has 2 aliphatic carbocycles. The molecule has 4 rings (SSSR count). The lowest BCUT2D eigenvalue weighted by atomic mass is 9.71. The van der Waals surface area contributed by atoms with Crippen molar-refractivity contribution in [2.24, 2.45) is 11.3 Å². The van der Waals surface area contributed by atoms with Crippen molar-refractivity contribution >= 4 is 18.0 Å². The molecule has 0 saturated heterocycles. The van der Waals surface area contributed by atoms with E-state index in [0.717, 1.165) is 35.1 Å². The van der Waals surface area contributed by atoms with Gasteiger partial charge in [0, 0.05) is 12.0 Å². The highest BCUT2D eigenvalue weighted by molar-refractivity contribution is 5.87. The van der Waals surface area contributed by atoms with Gasteiger partial charge in [-0.3, -0.25) is 9.59 Å². The number of ether oxygens (including phenoxy) is 1. The zero-order valence-electron chi connectivity index (χ0n) is 20.5. The van der Waals surface area contributed by atoms with Crippen molar-refractivity contribution in [1.82, 2.24) is 10.6 Å². The summed E-state index contributed by atoms with van der Waals surface area (Å²) in [5.41, 5.74) is 3.50. The van der Waals surface area contributed by atoms with Crippen LogP contribution in [0.25, 0.3) is 11.1 Å². The molecule has 1 saturated carbocycles. The van der Waals surface area contributed by atoms with E-state index in [4.69, 9.17) is 4.74 Å². The third-order valence-electron chi connectivity index (χ3n) is 7.58. The van der Waals surface area contributed by atoms with Gasteiger partial charge < -0.3 is 20.5 Å². The molecule has 0 spiro atoms.